The SMILES string of the molecule is CCN(CC)CCOc1ccc(Nc2ncc3cc(-c4ccccc4Cl)ccc3n2)cc1. The van der Waals surface area contributed by atoms with Crippen molar-refractivity contribution in [2.75, 3.05) is 31.6 Å². The summed E-state index contributed by atoms with van der Waals surface area (Å²) in [5, 5.41) is 4.96. The second kappa shape index (κ2) is 10.4. The minimum Gasteiger partial charge on any atom is -0.492 e. The summed E-state index contributed by atoms with van der Waals surface area (Å²) in [6, 6.07) is 21.8. The zero-order valence-corrected chi connectivity index (χ0v) is 19.1. The minimum atomic E-state index is 0.554. The van der Waals surface area contributed by atoms with Gasteiger partial charge in [0.1, 0.15) is 12.4 Å². The summed E-state index contributed by atoms with van der Waals surface area (Å²) < 4.78 is 5.85. The van der Waals surface area contributed by atoms with Gasteiger partial charge in [-0.3, -0.25) is 0 Å². The number of halogens is 1. The van der Waals surface area contributed by atoms with E-state index in [0.717, 1.165) is 58.1 Å². The maximum atomic E-state index is 6.34. The van der Waals surface area contributed by atoms with Crippen LogP contribution < -0.4 is 10.1 Å². The fourth-order valence-electron chi connectivity index (χ4n) is 3.55. The highest BCUT2D eigenvalue weighted by atomic mass is 35.5. The Hall–Kier alpha value is -3.15. The second-order valence-electron chi connectivity index (χ2n) is 7.47. The molecule has 6 heteroatoms. The van der Waals surface area contributed by atoms with Crippen LogP contribution in [0.4, 0.5) is 11.6 Å². The average Bonchev–Trinajstić information content (AvgIpc) is 2.83. The third-order valence-corrected chi connectivity index (χ3v) is 5.78. The van der Waals surface area contributed by atoms with Crippen molar-refractivity contribution in [2.24, 2.45) is 0 Å². The lowest BCUT2D eigenvalue weighted by Gasteiger charge is -2.18. The van der Waals surface area contributed by atoms with Crippen LogP contribution in [-0.2, 0) is 0 Å². The van der Waals surface area contributed by atoms with Gasteiger partial charge < -0.3 is 15.0 Å². The van der Waals surface area contributed by atoms with E-state index in [2.05, 4.69) is 40.1 Å². The predicted molar refractivity (Wildman–Crippen MR) is 133 cm³/mol. The van der Waals surface area contributed by atoms with Gasteiger partial charge in [0.15, 0.2) is 0 Å². The smallest absolute Gasteiger partial charge is 0.227 e. The van der Waals surface area contributed by atoms with Crippen LogP contribution in [0, 0.1) is 0 Å². The molecule has 32 heavy (non-hydrogen) atoms. The summed E-state index contributed by atoms with van der Waals surface area (Å²) in [5.41, 5.74) is 3.82. The number of anilines is 2. The van der Waals surface area contributed by atoms with Crippen LogP contribution in [0.5, 0.6) is 5.75 Å². The van der Waals surface area contributed by atoms with Gasteiger partial charge in [0.2, 0.25) is 5.95 Å². The van der Waals surface area contributed by atoms with Crippen LogP contribution in [-0.4, -0.2) is 41.1 Å². The third-order valence-electron chi connectivity index (χ3n) is 5.45. The molecule has 0 saturated carbocycles. The maximum absolute atomic E-state index is 6.34. The summed E-state index contributed by atoms with van der Waals surface area (Å²) >= 11 is 6.34. The van der Waals surface area contributed by atoms with E-state index in [1.807, 2.05) is 66.9 Å². The van der Waals surface area contributed by atoms with Gasteiger partial charge in [-0.2, -0.15) is 0 Å². The van der Waals surface area contributed by atoms with Crippen molar-refractivity contribution in [3.63, 3.8) is 0 Å². The fraction of sp³-hybridized carbons (Fsp3) is 0.231. The van der Waals surface area contributed by atoms with Crippen molar-refractivity contribution < 1.29 is 4.74 Å². The molecule has 0 aliphatic heterocycles. The van der Waals surface area contributed by atoms with Crippen LogP contribution in [0.15, 0.2) is 72.9 Å². The van der Waals surface area contributed by atoms with Crippen LogP contribution in [0.2, 0.25) is 5.02 Å². The zero-order valence-electron chi connectivity index (χ0n) is 18.4. The predicted octanol–water partition coefficient (Wildman–Crippen LogP) is 6.41. The minimum absolute atomic E-state index is 0.554. The van der Waals surface area contributed by atoms with E-state index in [1.54, 1.807) is 0 Å². The number of rotatable bonds is 9. The first-order chi connectivity index (χ1) is 15.7. The molecule has 0 spiro atoms. The number of aromatic nitrogens is 2. The van der Waals surface area contributed by atoms with Gasteiger partial charge in [-0.25, -0.2) is 9.97 Å². The second-order valence-corrected chi connectivity index (χ2v) is 7.88. The Morgan fingerprint density at radius 3 is 2.50 bits per heavy atom. The van der Waals surface area contributed by atoms with Gasteiger partial charge >= 0.3 is 0 Å². The lowest BCUT2D eigenvalue weighted by Crippen LogP contribution is -2.27. The Kier molecular flexibility index (Phi) is 7.20. The van der Waals surface area contributed by atoms with E-state index in [1.165, 1.54) is 0 Å². The molecule has 4 aromatic rings. The molecule has 0 aliphatic rings. The van der Waals surface area contributed by atoms with E-state index in [0.29, 0.717) is 12.6 Å². The summed E-state index contributed by atoms with van der Waals surface area (Å²) in [7, 11) is 0. The molecule has 4 rings (SSSR count). The first kappa shape index (κ1) is 22.1. The van der Waals surface area contributed by atoms with Crippen molar-refractivity contribution in [2.45, 2.75) is 13.8 Å². The molecule has 0 saturated heterocycles. The van der Waals surface area contributed by atoms with Crippen molar-refractivity contribution in [1.29, 1.82) is 0 Å². The molecule has 0 bridgehead atoms. The monoisotopic (exact) mass is 446 g/mol. The number of benzene rings is 3. The van der Waals surface area contributed by atoms with Gasteiger partial charge in [-0.1, -0.05) is 49.7 Å². The Morgan fingerprint density at radius 1 is 0.969 bits per heavy atom. The Balaban J connectivity index is 1.42. The van der Waals surface area contributed by atoms with Gasteiger partial charge in [0, 0.05) is 34.4 Å². The highest BCUT2D eigenvalue weighted by molar-refractivity contribution is 6.33. The number of hydrogen-bond donors (Lipinski definition) is 1. The standard InChI is InChI=1S/C26H27ClN4O/c1-3-31(4-2)15-16-32-22-12-10-21(11-13-22)29-26-28-18-20-17-19(9-14-25(20)30-26)23-7-5-6-8-24(23)27/h5-14,17-18H,3-4,15-16H2,1-2H3,(H,28,29,30). The molecular weight excluding hydrogens is 420 g/mol. The average molecular weight is 447 g/mol. The Labute approximate surface area is 194 Å². The van der Waals surface area contributed by atoms with Crippen LogP contribution >= 0.6 is 11.6 Å². The molecule has 0 amide bonds. The number of ether oxygens (including phenoxy) is 1. The highest BCUT2D eigenvalue weighted by Gasteiger charge is 2.06. The molecule has 0 fully saturated rings. The molecule has 5 nitrogen and oxygen atoms in total. The van der Waals surface area contributed by atoms with E-state index >= 15 is 0 Å². The third kappa shape index (κ3) is 5.36. The number of nitrogens with one attached hydrogen (secondary N) is 1. The Morgan fingerprint density at radius 2 is 1.75 bits per heavy atom. The molecule has 0 radical (unpaired) electrons. The lowest BCUT2D eigenvalue weighted by atomic mass is 10.0. The number of hydrogen-bond acceptors (Lipinski definition) is 5. The highest BCUT2D eigenvalue weighted by Crippen LogP contribution is 2.30. The molecule has 0 atom stereocenters. The molecular formula is C26H27ClN4O. The normalized spacial score (nSPS) is 11.1. The lowest BCUT2D eigenvalue weighted by molar-refractivity contribution is 0.223. The Bertz CT molecular complexity index is 1180. The van der Waals surface area contributed by atoms with E-state index in [9.17, 15) is 0 Å². The summed E-state index contributed by atoms with van der Waals surface area (Å²) in [6.07, 6.45) is 1.83. The van der Waals surface area contributed by atoms with Crippen molar-refractivity contribution in [3.05, 3.63) is 77.9 Å². The maximum Gasteiger partial charge on any atom is 0.227 e. The van der Waals surface area contributed by atoms with Crippen molar-refractivity contribution in [3.8, 4) is 16.9 Å². The zero-order chi connectivity index (χ0) is 22.3. The molecule has 0 unspecified atom stereocenters. The number of likely N-dealkylation sites (N-methyl/N-ethyl adjacent to an activating group) is 1. The van der Waals surface area contributed by atoms with Gasteiger partial charge in [0.25, 0.3) is 0 Å². The van der Waals surface area contributed by atoms with E-state index in [-0.39, 0.29) is 0 Å². The fourth-order valence-corrected chi connectivity index (χ4v) is 3.80. The molecule has 1 aromatic heterocycles. The van der Waals surface area contributed by atoms with E-state index in [4.69, 9.17) is 16.3 Å². The number of fused-ring (bicyclic) bond motifs is 1. The van der Waals surface area contributed by atoms with Crippen LogP contribution in [0.25, 0.3) is 22.0 Å². The quantitative estimate of drug-likeness (QED) is 0.321. The largest absolute Gasteiger partial charge is 0.492 e. The summed E-state index contributed by atoms with van der Waals surface area (Å²) in [6.45, 7) is 8.01. The molecule has 1 heterocycles. The van der Waals surface area contributed by atoms with Crippen molar-refractivity contribution >= 4 is 34.1 Å². The molecule has 164 valence electrons. The van der Waals surface area contributed by atoms with Gasteiger partial charge in [-0.05, 0) is 61.1 Å². The molecule has 1 N–H and O–H groups in total. The van der Waals surface area contributed by atoms with Gasteiger partial charge in [0.05, 0.1) is 5.52 Å². The topological polar surface area (TPSA) is 50.3 Å². The molecule has 0 aliphatic carbocycles. The number of nitrogens with zero attached hydrogens (tertiary/aromatic N) is 3. The van der Waals surface area contributed by atoms with E-state index < -0.39 is 0 Å². The summed E-state index contributed by atoms with van der Waals surface area (Å²) in [4.78, 5) is 11.5. The molecule has 3 aromatic carbocycles. The first-order valence-corrected chi connectivity index (χ1v) is 11.3. The van der Waals surface area contributed by atoms with Gasteiger partial charge in [-0.15, -0.1) is 0 Å². The van der Waals surface area contributed by atoms with Crippen molar-refractivity contribution in [1.82, 2.24) is 14.9 Å². The van der Waals surface area contributed by atoms with Crippen LogP contribution in [0.3, 0.4) is 0 Å². The van der Waals surface area contributed by atoms with Crippen LogP contribution in [0.1, 0.15) is 13.8 Å². The summed E-state index contributed by atoms with van der Waals surface area (Å²) in [5.74, 6) is 1.41. The first-order valence-electron chi connectivity index (χ1n) is 10.9.